The lowest BCUT2D eigenvalue weighted by Crippen LogP contribution is -2.12. The van der Waals surface area contributed by atoms with E-state index in [4.69, 9.17) is 0 Å². The summed E-state index contributed by atoms with van der Waals surface area (Å²) in [7, 11) is 0. The van der Waals surface area contributed by atoms with Gasteiger partial charge in [0.05, 0.1) is 0 Å². The normalized spacial score (nSPS) is 11.1. The lowest BCUT2D eigenvalue weighted by molar-refractivity contribution is 0.726. The summed E-state index contributed by atoms with van der Waals surface area (Å²) >= 11 is 3.37. The van der Waals surface area contributed by atoms with Gasteiger partial charge in [0.1, 0.15) is 0 Å². The first kappa shape index (κ1) is 12.4. The first-order valence-corrected chi connectivity index (χ1v) is 6.08. The first-order chi connectivity index (χ1) is 7.33. The summed E-state index contributed by atoms with van der Waals surface area (Å²) in [4.78, 5) is 4.30. The number of nitrogens with one attached hydrogen (secondary N) is 1. The molecule has 1 heterocycles. The van der Waals surface area contributed by atoms with Crippen LogP contribution < -0.4 is 5.32 Å². The van der Waals surface area contributed by atoms with Gasteiger partial charge in [-0.05, 0) is 47.6 Å². The largest absolute Gasteiger partial charge is 0.317 e. The number of allylic oxidation sites excluding steroid dienone is 1. The fourth-order valence-corrected chi connectivity index (χ4v) is 1.45. The number of pyridine rings is 1. The number of halogens is 1. The summed E-state index contributed by atoms with van der Waals surface area (Å²) in [6.07, 6.45) is 8.21. The molecule has 1 rings (SSSR count). The van der Waals surface area contributed by atoms with Crippen molar-refractivity contribution in [1.29, 1.82) is 0 Å². The van der Waals surface area contributed by atoms with Crippen molar-refractivity contribution >= 4 is 15.9 Å². The third kappa shape index (κ3) is 5.70. The van der Waals surface area contributed by atoms with E-state index in [1.807, 2.05) is 18.3 Å². The van der Waals surface area contributed by atoms with Crippen LogP contribution in [0.1, 0.15) is 19.0 Å². The number of nitrogens with zero attached hydrogens (tertiary/aromatic N) is 1. The van der Waals surface area contributed by atoms with E-state index >= 15 is 0 Å². The molecule has 1 N–H and O–H groups in total. The fraction of sp³-hybridized carbons (Fsp3) is 0.417. The van der Waals surface area contributed by atoms with Crippen molar-refractivity contribution in [1.82, 2.24) is 10.3 Å². The van der Waals surface area contributed by atoms with E-state index in [0.29, 0.717) is 0 Å². The Morgan fingerprint density at radius 3 is 2.93 bits per heavy atom. The Labute approximate surface area is 99.9 Å². The van der Waals surface area contributed by atoms with Gasteiger partial charge in [-0.15, -0.1) is 0 Å². The van der Waals surface area contributed by atoms with Crippen LogP contribution in [0.15, 0.2) is 35.0 Å². The molecule has 0 unspecified atom stereocenters. The number of rotatable bonds is 6. The molecular weight excluding hydrogens is 252 g/mol. The molecule has 0 spiro atoms. The monoisotopic (exact) mass is 268 g/mol. The molecule has 1 aromatic heterocycles. The molecule has 0 bridgehead atoms. The maximum Gasteiger partial charge on any atom is 0.0442 e. The summed E-state index contributed by atoms with van der Waals surface area (Å²) in [5.41, 5.74) is 1.11. The van der Waals surface area contributed by atoms with Crippen molar-refractivity contribution in [2.24, 2.45) is 0 Å². The molecular formula is C12H17BrN2. The molecule has 0 aliphatic carbocycles. The van der Waals surface area contributed by atoms with Crippen LogP contribution in [0.3, 0.4) is 0 Å². The number of aromatic nitrogens is 1. The molecule has 0 aliphatic heterocycles. The van der Waals surface area contributed by atoms with Gasteiger partial charge in [-0.3, -0.25) is 4.98 Å². The van der Waals surface area contributed by atoms with Gasteiger partial charge < -0.3 is 5.32 Å². The van der Waals surface area contributed by atoms with Gasteiger partial charge in [-0.1, -0.05) is 19.1 Å². The Kier molecular flexibility index (Phi) is 6.28. The van der Waals surface area contributed by atoms with Gasteiger partial charge in [0.25, 0.3) is 0 Å². The Balaban J connectivity index is 2.22. The van der Waals surface area contributed by atoms with E-state index in [1.54, 1.807) is 0 Å². The van der Waals surface area contributed by atoms with E-state index in [2.05, 4.69) is 45.3 Å². The zero-order valence-electron chi connectivity index (χ0n) is 9.04. The lowest BCUT2D eigenvalue weighted by Gasteiger charge is -1.97. The summed E-state index contributed by atoms with van der Waals surface area (Å²) < 4.78 is 1.03. The molecule has 15 heavy (non-hydrogen) atoms. The molecule has 0 fully saturated rings. The van der Waals surface area contributed by atoms with Gasteiger partial charge in [-0.25, -0.2) is 0 Å². The van der Waals surface area contributed by atoms with Crippen LogP contribution in [0, 0.1) is 0 Å². The highest BCUT2D eigenvalue weighted by atomic mass is 79.9. The molecule has 82 valence electrons. The zero-order valence-corrected chi connectivity index (χ0v) is 10.6. The zero-order chi connectivity index (χ0) is 10.9. The molecule has 0 aliphatic rings. The molecule has 0 saturated heterocycles. The average molecular weight is 269 g/mol. The first-order valence-electron chi connectivity index (χ1n) is 5.29. The van der Waals surface area contributed by atoms with Gasteiger partial charge in [-0.2, -0.15) is 0 Å². The quantitative estimate of drug-likeness (QED) is 0.634. The molecule has 0 radical (unpaired) electrons. The Morgan fingerprint density at radius 2 is 2.27 bits per heavy atom. The standard InChI is InChI=1S/C12H17BrN2/c1-2-14-9-5-3-4-6-12-8-7-11(13)10-15-12/h3-4,7-8,10,14H,2,5-6,9H2,1H3/b4-3+. The Morgan fingerprint density at radius 1 is 1.40 bits per heavy atom. The summed E-state index contributed by atoms with van der Waals surface area (Å²) in [6.45, 7) is 4.22. The van der Waals surface area contributed by atoms with Gasteiger partial charge >= 0.3 is 0 Å². The molecule has 2 nitrogen and oxygen atoms in total. The van der Waals surface area contributed by atoms with Gasteiger partial charge in [0.15, 0.2) is 0 Å². The summed E-state index contributed by atoms with van der Waals surface area (Å²) in [5.74, 6) is 0. The molecule has 0 amide bonds. The smallest absolute Gasteiger partial charge is 0.0442 e. The van der Waals surface area contributed by atoms with Crippen LogP contribution in [-0.4, -0.2) is 18.1 Å². The van der Waals surface area contributed by atoms with Crippen LogP contribution in [0.5, 0.6) is 0 Å². The van der Waals surface area contributed by atoms with E-state index < -0.39 is 0 Å². The topological polar surface area (TPSA) is 24.9 Å². The molecule has 0 saturated carbocycles. The molecule has 0 atom stereocenters. The number of hydrogen-bond donors (Lipinski definition) is 1. The highest BCUT2D eigenvalue weighted by molar-refractivity contribution is 9.10. The second-order valence-electron chi connectivity index (χ2n) is 3.29. The van der Waals surface area contributed by atoms with Crippen molar-refractivity contribution in [2.45, 2.75) is 19.8 Å². The van der Waals surface area contributed by atoms with Crippen molar-refractivity contribution in [3.05, 3.63) is 40.6 Å². The van der Waals surface area contributed by atoms with Crippen LogP contribution in [0.25, 0.3) is 0 Å². The van der Waals surface area contributed by atoms with E-state index in [-0.39, 0.29) is 0 Å². The van der Waals surface area contributed by atoms with E-state index in [0.717, 1.165) is 36.1 Å². The second kappa shape index (κ2) is 7.60. The number of hydrogen-bond acceptors (Lipinski definition) is 2. The maximum absolute atomic E-state index is 4.30. The van der Waals surface area contributed by atoms with Crippen LogP contribution in [0.4, 0.5) is 0 Å². The Hall–Kier alpha value is -0.670. The van der Waals surface area contributed by atoms with Gasteiger partial charge in [0.2, 0.25) is 0 Å². The maximum atomic E-state index is 4.30. The average Bonchev–Trinajstić information content (AvgIpc) is 2.26. The Bertz CT molecular complexity index is 293. The van der Waals surface area contributed by atoms with Gasteiger partial charge in [0, 0.05) is 22.8 Å². The molecule has 0 aromatic carbocycles. The van der Waals surface area contributed by atoms with Crippen molar-refractivity contribution in [3.63, 3.8) is 0 Å². The van der Waals surface area contributed by atoms with Crippen LogP contribution in [-0.2, 0) is 6.42 Å². The van der Waals surface area contributed by atoms with E-state index in [9.17, 15) is 0 Å². The molecule has 3 heteroatoms. The minimum Gasteiger partial charge on any atom is -0.317 e. The van der Waals surface area contributed by atoms with Crippen molar-refractivity contribution in [2.75, 3.05) is 13.1 Å². The lowest BCUT2D eigenvalue weighted by atomic mass is 10.2. The predicted octanol–water partition coefficient (Wildman–Crippen LogP) is 2.94. The van der Waals surface area contributed by atoms with E-state index in [1.165, 1.54) is 0 Å². The van der Waals surface area contributed by atoms with Crippen molar-refractivity contribution in [3.8, 4) is 0 Å². The predicted molar refractivity (Wildman–Crippen MR) is 67.9 cm³/mol. The minimum atomic E-state index is 0.916. The highest BCUT2D eigenvalue weighted by Crippen LogP contribution is 2.07. The van der Waals surface area contributed by atoms with Crippen LogP contribution in [0.2, 0.25) is 0 Å². The van der Waals surface area contributed by atoms with Crippen LogP contribution >= 0.6 is 15.9 Å². The third-order valence-corrected chi connectivity index (χ3v) is 2.49. The summed E-state index contributed by atoms with van der Waals surface area (Å²) in [5, 5.41) is 3.28. The van der Waals surface area contributed by atoms with Crippen molar-refractivity contribution < 1.29 is 0 Å². The minimum absolute atomic E-state index is 0.916. The fourth-order valence-electron chi connectivity index (χ4n) is 1.21. The summed E-state index contributed by atoms with van der Waals surface area (Å²) in [6, 6.07) is 4.06. The SMILES string of the molecule is CCNCC/C=C/Cc1ccc(Br)cn1. The second-order valence-corrected chi connectivity index (χ2v) is 4.20. The third-order valence-electron chi connectivity index (χ3n) is 2.02. The highest BCUT2D eigenvalue weighted by Gasteiger charge is 1.90. The molecule has 1 aromatic rings.